The normalized spacial score (nSPS) is 12.7. The van der Waals surface area contributed by atoms with Gasteiger partial charge in [0.25, 0.3) is 0 Å². The second-order valence-electron chi connectivity index (χ2n) is 5.87. The predicted molar refractivity (Wildman–Crippen MR) is 103 cm³/mol. The van der Waals surface area contributed by atoms with Crippen LogP contribution in [0.2, 0.25) is 0 Å². The van der Waals surface area contributed by atoms with Crippen LogP contribution in [0.4, 0.5) is 0 Å². The Kier molecular flexibility index (Phi) is 11.3. The van der Waals surface area contributed by atoms with E-state index in [1.165, 1.54) is 9.80 Å². The highest BCUT2D eigenvalue weighted by atomic mass is 32.1. The molecule has 144 valence electrons. The number of rotatable bonds is 10. The SMILES string of the molecule is CN(C)C(=O)C(CS)C(=O)NCCCNC(=O)C(CS)C(=O)N(C)C. The number of nitrogens with one attached hydrogen (secondary N) is 2. The molecule has 2 unspecified atom stereocenters. The van der Waals surface area contributed by atoms with Crippen LogP contribution in [0.1, 0.15) is 6.42 Å². The van der Waals surface area contributed by atoms with E-state index in [9.17, 15) is 19.2 Å². The Morgan fingerprint density at radius 2 is 1.08 bits per heavy atom. The zero-order chi connectivity index (χ0) is 19.6. The Morgan fingerprint density at radius 1 is 0.760 bits per heavy atom. The van der Waals surface area contributed by atoms with Crippen LogP contribution in [0.25, 0.3) is 0 Å². The first-order valence-electron chi connectivity index (χ1n) is 7.86. The first kappa shape index (κ1) is 23.6. The molecule has 0 aliphatic heterocycles. The largest absolute Gasteiger partial charge is 0.355 e. The summed E-state index contributed by atoms with van der Waals surface area (Å²) in [5.41, 5.74) is 0. The van der Waals surface area contributed by atoms with E-state index in [4.69, 9.17) is 0 Å². The molecule has 2 atom stereocenters. The molecule has 8 nitrogen and oxygen atoms in total. The minimum absolute atomic E-state index is 0.121. The third-order valence-electron chi connectivity index (χ3n) is 3.43. The van der Waals surface area contributed by atoms with E-state index in [0.717, 1.165) is 0 Å². The Hall–Kier alpha value is -1.42. The molecule has 2 N–H and O–H groups in total. The number of carbonyl (C=O) groups is 4. The van der Waals surface area contributed by atoms with Crippen molar-refractivity contribution in [3.8, 4) is 0 Å². The second-order valence-corrected chi connectivity index (χ2v) is 6.60. The van der Waals surface area contributed by atoms with Gasteiger partial charge in [0.1, 0.15) is 11.8 Å². The fourth-order valence-electron chi connectivity index (χ4n) is 1.93. The Bertz CT molecular complexity index is 444. The van der Waals surface area contributed by atoms with Gasteiger partial charge in [-0.2, -0.15) is 25.3 Å². The van der Waals surface area contributed by atoms with E-state index >= 15 is 0 Å². The van der Waals surface area contributed by atoms with Gasteiger partial charge in [-0.15, -0.1) is 0 Å². The lowest BCUT2D eigenvalue weighted by molar-refractivity contribution is -0.140. The van der Waals surface area contributed by atoms with Crippen LogP contribution < -0.4 is 10.6 Å². The quantitative estimate of drug-likeness (QED) is 0.215. The van der Waals surface area contributed by atoms with Gasteiger partial charge < -0.3 is 20.4 Å². The molecule has 0 aliphatic rings. The van der Waals surface area contributed by atoms with Gasteiger partial charge >= 0.3 is 0 Å². The first-order valence-corrected chi connectivity index (χ1v) is 9.13. The molecule has 0 radical (unpaired) electrons. The van der Waals surface area contributed by atoms with Crippen LogP contribution in [-0.4, -0.2) is 86.2 Å². The van der Waals surface area contributed by atoms with Crippen LogP contribution >= 0.6 is 25.3 Å². The lowest BCUT2D eigenvalue weighted by atomic mass is 10.1. The van der Waals surface area contributed by atoms with Gasteiger partial charge in [0.2, 0.25) is 23.6 Å². The summed E-state index contributed by atoms with van der Waals surface area (Å²) in [7, 11) is 6.31. The Labute approximate surface area is 159 Å². The molecule has 10 heteroatoms. The predicted octanol–water partition coefficient (Wildman–Crippen LogP) is -1.12. The van der Waals surface area contributed by atoms with E-state index in [1.54, 1.807) is 28.2 Å². The smallest absolute Gasteiger partial charge is 0.235 e. The standard InChI is InChI=1S/C15H28N4O4S2/c1-18(2)14(22)10(8-24)12(20)16-6-5-7-17-13(21)11(9-25)15(23)19(3)4/h10-11,24-25H,5-9H2,1-4H3,(H,16,20)(H,17,21). The molecule has 0 aliphatic carbocycles. The number of hydrogen-bond acceptors (Lipinski definition) is 6. The van der Waals surface area contributed by atoms with E-state index in [-0.39, 0.29) is 23.3 Å². The summed E-state index contributed by atoms with van der Waals surface area (Å²) in [5, 5.41) is 5.30. The summed E-state index contributed by atoms with van der Waals surface area (Å²) in [4.78, 5) is 50.3. The molecule has 4 amide bonds. The third-order valence-corrected chi connectivity index (χ3v) is 4.16. The van der Waals surface area contributed by atoms with Gasteiger partial charge in [0, 0.05) is 52.8 Å². The molecule has 0 aromatic rings. The van der Waals surface area contributed by atoms with Crippen molar-refractivity contribution in [3.05, 3.63) is 0 Å². The summed E-state index contributed by atoms with van der Waals surface area (Å²) in [6.45, 7) is 0.606. The lowest BCUT2D eigenvalue weighted by Gasteiger charge is -2.19. The van der Waals surface area contributed by atoms with E-state index < -0.39 is 23.7 Å². The van der Waals surface area contributed by atoms with Crippen molar-refractivity contribution >= 4 is 48.9 Å². The van der Waals surface area contributed by atoms with Crippen molar-refractivity contribution in [3.63, 3.8) is 0 Å². The first-order chi connectivity index (χ1) is 11.7. The molecule has 0 heterocycles. The molecule has 0 saturated heterocycles. The van der Waals surface area contributed by atoms with Crippen LogP contribution in [0.3, 0.4) is 0 Å². The lowest BCUT2D eigenvalue weighted by Crippen LogP contribution is -2.44. The van der Waals surface area contributed by atoms with Crippen molar-refractivity contribution in [2.45, 2.75) is 6.42 Å². The average molecular weight is 393 g/mol. The maximum atomic E-state index is 12.0. The summed E-state index contributed by atoms with van der Waals surface area (Å²) in [6.07, 6.45) is 0.475. The molecular formula is C15H28N4O4S2. The Morgan fingerprint density at radius 3 is 1.32 bits per heavy atom. The summed E-state index contributed by atoms with van der Waals surface area (Å²) in [5.74, 6) is -2.82. The molecule has 25 heavy (non-hydrogen) atoms. The maximum Gasteiger partial charge on any atom is 0.235 e. The molecule has 0 spiro atoms. The van der Waals surface area contributed by atoms with E-state index in [1.807, 2.05) is 0 Å². The van der Waals surface area contributed by atoms with Gasteiger partial charge in [0.05, 0.1) is 0 Å². The number of hydrogen-bond donors (Lipinski definition) is 4. The summed E-state index contributed by atoms with van der Waals surface area (Å²) in [6, 6.07) is 0. The number of nitrogens with zero attached hydrogens (tertiary/aromatic N) is 2. The third kappa shape index (κ3) is 8.00. The zero-order valence-corrected chi connectivity index (χ0v) is 16.9. The highest BCUT2D eigenvalue weighted by Crippen LogP contribution is 2.05. The average Bonchev–Trinajstić information content (AvgIpc) is 2.55. The Balaban J connectivity index is 4.24. The molecule has 0 saturated carbocycles. The molecule has 0 rings (SSSR count). The van der Waals surface area contributed by atoms with Crippen LogP contribution in [0, 0.1) is 11.8 Å². The van der Waals surface area contributed by atoms with Gasteiger partial charge in [-0.25, -0.2) is 0 Å². The number of amides is 4. The topological polar surface area (TPSA) is 98.8 Å². The van der Waals surface area contributed by atoms with Crippen LogP contribution in [0.15, 0.2) is 0 Å². The van der Waals surface area contributed by atoms with Crippen molar-refractivity contribution in [1.82, 2.24) is 20.4 Å². The molecule has 0 aromatic heterocycles. The van der Waals surface area contributed by atoms with Crippen molar-refractivity contribution in [2.24, 2.45) is 11.8 Å². The highest BCUT2D eigenvalue weighted by Gasteiger charge is 2.27. The second kappa shape index (κ2) is 12.0. The van der Waals surface area contributed by atoms with E-state index in [0.29, 0.717) is 19.5 Å². The van der Waals surface area contributed by atoms with Crippen molar-refractivity contribution in [1.29, 1.82) is 0 Å². The monoisotopic (exact) mass is 392 g/mol. The number of carbonyl (C=O) groups excluding carboxylic acids is 4. The minimum atomic E-state index is -0.834. The molecule has 0 bridgehead atoms. The fourth-order valence-corrected chi connectivity index (χ4v) is 2.57. The highest BCUT2D eigenvalue weighted by molar-refractivity contribution is 7.80. The van der Waals surface area contributed by atoms with Crippen molar-refractivity contribution < 1.29 is 19.2 Å². The summed E-state index contributed by atoms with van der Waals surface area (Å²) >= 11 is 8.08. The van der Waals surface area contributed by atoms with E-state index in [2.05, 4.69) is 35.9 Å². The maximum absolute atomic E-state index is 12.0. The minimum Gasteiger partial charge on any atom is -0.355 e. The van der Waals surface area contributed by atoms with Gasteiger partial charge in [-0.05, 0) is 6.42 Å². The molecule has 0 aromatic carbocycles. The fraction of sp³-hybridized carbons (Fsp3) is 0.733. The van der Waals surface area contributed by atoms with Gasteiger partial charge in [-0.1, -0.05) is 0 Å². The summed E-state index contributed by atoms with van der Waals surface area (Å²) < 4.78 is 0. The zero-order valence-electron chi connectivity index (χ0n) is 15.1. The molecule has 0 fully saturated rings. The van der Waals surface area contributed by atoms with Crippen LogP contribution in [0.5, 0.6) is 0 Å². The van der Waals surface area contributed by atoms with Gasteiger partial charge in [0.15, 0.2) is 0 Å². The number of thiol groups is 2. The van der Waals surface area contributed by atoms with Crippen molar-refractivity contribution in [2.75, 3.05) is 52.8 Å². The van der Waals surface area contributed by atoms with Crippen LogP contribution in [-0.2, 0) is 19.2 Å². The van der Waals surface area contributed by atoms with Gasteiger partial charge in [-0.3, -0.25) is 19.2 Å². The molecular weight excluding hydrogens is 364 g/mol.